The molecule has 0 N–H and O–H groups in total. The van der Waals surface area contributed by atoms with Crippen LogP contribution in [0.1, 0.15) is 19.4 Å². The summed E-state index contributed by atoms with van der Waals surface area (Å²) in [7, 11) is 0. The zero-order valence-electron chi connectivity index (χ0n) is 17.7. The van der Waals surface area contributed by atoms with Crippen molar-refractivity contribution in [3.8, 4) is 0 Å². The van der Waals surface area contributed by atoms with Crippen molar-refractivity contribution < 1.29 is 4.42 Å². The lowest BCUT2D eigenvalue weighted by Crippen LogP contribution is -2.59. The fourth-order valence-electron chi connectivity index (χ4n) is 4.94. The summed E-state index contributed by atoms with van der Waals surface area (Å²) in [6, 6.07) is 18.6. The van der Waals surface area contributed by atoms with Crippen molar-refractivity contribution in [3.63, 3.8) is 0 Å². The standard InChI is InChI=1S/C24H22BN5O/c1-16-15-20-19-11-7-14-27-24(19)31-22(20)25(3)30(16)29-17(2)28(18-9-5-4-6-10-18)21-12-8-13-26-23(21)29/h4-15,17H,1-3H3/t17-/m0/s1. The normalized spacial score (nSPS) is 17.8. The first-order valence-electron chi connectivity index (χ1n) is 10.6. The number of rotatable bonds is 2. The molecule has 7 heteroatoms. The van der Waals surface area contributed by atoms with Crippen LogP contribution < -0.4 is 15.6 Å². The maximum Gasteiger partial charge on any atom is 0.353 e. The third kappa shape index (κ3) is 2.52. The van der Waals surface area contributed by atoms with Crippen molar-refractivity contribution in [2.45, 2.75) is 26.8 Å². The number of allylic oxidation sites excluding steroid dienone is 1. The zero-order chi connectivity index (χ0) is 21.1. The molecule has 5 heterocycles. The summed E-state index contributed by atoms with van der Waals surface area (Å²) in [6.07, 6.45) is 5.87. The fraction of sp³-hybridized carbons (Fsp3) is 0.167. The summed E-state index contributed by atoms with van der Waals surface area (Å²) < 4.78 is 6.22. The number of hydrogen-bond donors (Lipinski definition) is 0. The third-order valence-corrected chi connectivity index (χ3v) is 6.23. The van der Waals surface area contributed by atoms with Crippen molar-refractivity contribution in [3.05, 3.63) is 78.3 Å². The monoisotopic (exact) mass is 407 g/mol. The van der Waals surface area contributed by atoms with E-state index in [1.54, 1.807) is 6.20 Å². The summed E-state index contributed by atoms with van der Waals surface area (Å²) in [5.74, 6) is 0.941. The van der Waals surface area contributed by atoms with Crippen LogP contribution in [0.25, 0.3) is 17.2 Å². The average molecular weight is 407 g/mol. The Hall–Kier alpha value is -3.74. The number of fused-ring (bicyclic) bond motifs is 4. The molecular formula is C24H22BN5O. The van der Waals surface area contributed by atoms with E-state index in [2.05, 4.69) is 83.0 Å². The first-order chi connectivity index (χ1) is 15.1. The molecule has 31 heavy (non-hydrogen) atoms. The number of pyridine rings is 2. The van der Waals surface area contributed by atoms with Crippen molar-refractivity contribution in [1.82, 2.24) is 14.9 Å². The lowest BCUT2D eigenvalue weighted by Gasteiger charge is -2.43. The van der Waals surface area contributed by atoms with Crippen molar-refractivity contribution in [2.24, 2.45) is 0 Å². The third-order valence-electron chi connectivity index (χ3n) is 6.23. The second-order valence-corrected chi connectivity index (χ2v) is 8.07. The molecule has 0 bridgehead atoms. The molecule has 0 fully saturated rings. The first kappa shape index (κ1) is 18.1. The molecule has 4 aromatic rings. The lowest BCUT2D eigenvalue weighted by atomic mass is 9.58. The Morgan fingerprint density at radius 1 is 0.968 bits per heavy atom. The fourth-order valence-corrected chi connectivity index (χ4v) is 4.94. The molecule has 0 unspecified atom stereocenters. The molecule has 2 aliphatic rings. The number of furan rings is 1. The minimum absolute atomic E-state index is 0.00206. The van der Waals surface area contributed by atoms with E-state index in [1.807, 2.05) is 24.4 Å². The molecule has 0 amide bonds. The van der Waals surface area contributed by atoms with E-state index in [1.165, 1.54) is 0 Å². The molecule has 1 atom stereocenters. The lowest BCUT2D eigenvalue weighted by molar-refractivity contribution is 0.436. The highest BCUT2D eigenvalue weighted by Gasteiger charge is 2.44. The van der Waals surface area contributed by atoms with E-state index in [9.17, 15) is 0 Å². The van der Waals surface area contributed by atoms with Crippen LogP contribution in [0.2, 0.25) is 6.82 Å². The van der Waals surface area contributed by atoms with E-state index >= 15 is 0 Å². The van der Waals surface area contributed by atoms with Gasteiger partial charge in [-0.1, -0.05) is 25.0 Å². The molecular weight excluding hydrogens is 385 g/mol. The molecule has 2 aliphatic heterocycles. The Labute approximate surface area is 181 Å². The SMILES string of the molecule is CB1c2oc3ncccc3c2C=C(C)N1N1c2ncccc2N(c2ccccc2)[C@@H]1C. The van der Waals surface area contributed by atoms with Crippen LogP contribution in [0.5, 0.6) is 0 Å². The van der Waals surface area contributed by atoms with Crippen LogP contribution in [0, 0.1) is 0 Å². The molecule has 6 nitrogen and oxygen atoms in total. The molecule has 0 radical (unpaired) electrons. The molecule has 152 valence electrons. The minimum atomic E-state index is 0.00206. The average Bonchev–Trinajstić information content (AvgIpc) is 3.30. The highest BCUT2D eigenvalue weighted by atomic mass is 16.3. The maximum atomic E-state index is 6.22. The Kier molecular flexibility index (Phi) is 3.87. The molecule has 6 rings (SSSR count). The molecule has 1 aromatic carbocycles. The summed E-state index contributed by atoms with van der Waals surface area (Å²) >= 11 is 0. The molecule has 3 aromatic heterocycles. The smallest absolute Gasteiger partial charge is 0.353 e. The number of hydrazine groups is 1. The van der Waals surface area contributed by atoms with Crippen LogP contribution in [0.3, 0.4) is 0 Å². The Bertz CT molecular complexity index is 1320. The summed E-state index contributed by atoms with van der Waals surface area (Å²) in [5, 5.41) is 3.34. The van der Waals surface area contributed by atoms with E-state index in [0.717, 1.165) is 39.5 Å². The molecule has 0 saturated carbocycles. The first-order valence-corrected chi connectivity index (χ1v) is 10.6. The quantitative estimate of drug-likeness (QED) is 0.451. The maximum absolute atomic E-state index is 6.22. The molecule has 0 spiro atoms. The van der Waals surface area contributed by atoms with Crippen LogP contribution >= 0.6 is 0 Å². The number of para-hydroxylation sites is 1. The summed E-state index contributed by atoms with van der Waals surface area (Å²) in [6.45, 7) is 6.54. The Balaban J connectivity index is 1.49. The van der Waals surface area contributed by atoms with Gasteiger partial charge in [-0.05, 0) is 56.3 Å². The van der Waals surface area contributed by atoms with E-state index in [4.69, 9.17) is 9.40 Å². The highest BCUT2D eigenvalue weighted by Crippen LogP contribution is 2.44. The number of nitrogens with zero attached hydrogens (tertiary/aromatic N) is 5. The van der Waals surface area contributed by atoms with Crippen LogP contribution in [-0.4, -0.2) is 27.9 Å². The second-order valence-electron chi connectivity index (χ2n) is 8.07. The van der Waals surface area contributed by atoms with Crippen molar-refractivity contribution >= 4 is 46.9 Å². The number of aromatic nitrogens is 2. The van der Waals surface area contributed by atoms with Gasteiger partial charge in [0.1, 0.15) is 11.8 Å². The topological polar surface area (TPSA) is 48.6 Å². The van der Waals surface area contributed by atoms with Gasteiger partial charge in [0.15, 0.2) is 5.82 Å². The van der Waals surface area contributed by atoms with Gasteiger partial charge in [0, 0.05) is 34.7 Å². The van der Waals surface area contributed by atoms with Crippen LogP contribution in [-0.2, 0) is 0 Å². The minimum Gasteiger partial charge on any atom is -0.450 e. The molecule has 0 aliphatic carbocycles. The van der Waals surface area contributed by atoms with Gasteiger partial charge in [-0.25, -0.2) is 9.97 Å². The van der Waals surface area contributed by atoms with Crippen LogP contribution in [0.15, 0.2) is 77.1 Å². The van der Waals surface area contributed by atoms with Gasteiger partial charge in [-0.15, -0.1) is 0 Å². The predicted molar refractivity (Wildman–Crippen MR) is 126 cm³/mol. The van der Waals surface area contributed by atoms with Gasteiger partial charge in [0.25, 0.3) is 0 Å². The molecule has 0 saturated heterocycles. The van der Waals surface area contributed by atoms with Gasteiger partial charge >= 0.3 is 6.85 Å². The summed E-state index contributed by atoms with van der Waals surface area (Å²) in [4.78, 5) is 13.8. The highest BCUT2D eigenvalue weighted by molar-refractivity contribution is 6.70. The van der Waals surface area contributed by atoms with Gasteiger partial charge in [-0.3, -0.25) is 5.01 Å². The van der Waals surface area contributed by atoms with Gasteiger partial charge in [0.2, 0.25) is 5.71 Å². The van der Waals surface area contributed by atoms with Crippen molar-refractivity contribution in [1.29, 1.82) is 0 Å². The van der Waals surface area contributed by atoms with Gasteiger partial charge < -0.3 is 14.2 Å². The second kappa shape index (κ2) is 6.64. The Morgan fingerprint density at radius 2 is 1.74 bits per heavy atom. The van der Waals surface area contributed by atoms with Gasteiger partial charge in [0.05, 0.1) is 5.69 Å². The number of benzene rings is 1. The van der Waals surface area contributed by atoms with Crippen molar-refractivity contribution in [2.75, 3.05) is 9.91 Å². The predicted octanol–water partition coefficient (Wildman–Crippen LogP) is 4.65. The van der Waals surface area contributed by atoms with Crippen LogP contribution in [0.4, 0.5) is 17.2 Å². The van der Waals surface area contributed by atoms with Gasteiger partial charge in [-0.2, -0.15) is 0 Å². The van der Waals surface area contributed by atoms with E-state index in [0.29, 0.717) is 5.71 Å². The Morgan fingerprint density at radius 3 is 2.58 bits per heavy atom. The van der Waals surface area contributed by atoms with E-state index < -0.39 is 0 Å². The number of anilines is 3. The van der Waals surface area contributed by atoms with E-state index in [-0.39, 0.29) is 13.0 Å². The zero-order valence-corrected chi connectivity index (χ0v) is 17.7. The summed E-state index contributed by atoms with van der Waals surface area (Å²) in [5.41, 5.74) is 6.12. The number of hydrogen-bond acceptors (Lipinski definition) is 6. The largest absolute Gasteiger partial charge is 0.450 e.